The molecule has 0 radical (unpaired) electrons. The van der Waals surface area contributed by atoms with Crippen molar-refractivity contribution in [2.24, 2.45) is 0 Å². The van der Waals surface area contributed by atoms with Gasteiger partial charge in [0.15, 0.2) is 6.10 Å². The van der Waals surface area contributed by atoms with Crippen molar-refractivity contribution < 1.29 is 24.2 Å². The number of aliphatic hydroxyl groups is 1. The molecule has 0 saturated carbocycles. The second-order valence-electron chi connectivity index (χ2n) is 22.2. The monoisotopic (exact) mass is 1060 g/mol. The van der Waals surface area contributed by atoms with Gasteiger partial charge in [-0.25, -0.2) is 0 Å². The molecule has 0 fully saturated rings. The lowest BCUT2D eigenvalue weighted by Gasteiger charge is -2.15. The van der Waals surface area contributed by atoms with Crippen molar-refractivity contribution in [1.82, 2.24) is 0 Å². The molecule has 0 bridgehead atoms. The molecule has 0 amide bonds. The number of ether oxygens (including phenoxy) is 2. The van der Waals surface area contributed by atoms with E-state index < -0.39 is 6.10 Å². The van der Waals surface area contributed by atoms with E-state index in [1.54, 1.807) is 0 Å². The summed E-state index contributed by atoms with van der Waals surface area (Å²) in [5.74, 6) is -0.575. The molecule has 0 aromatic rings. The van der Waals surface area contributed by atoms with Gasteiger partial charge in [-0.3, -0.25) is 9.59 Å². The summed E-state index contributed by atoms with van der Waals surface area (Å²) < 4.78 is 10.8. The Balaban J connectivity index is 3.46. The molecule has 5 nitrogen and oxygen atoms in total. The quantitative estimate of drug-likeness (QED) is 0.0373. The van der Waals surface area contributed by atoms with Gasteiger partial charge in [0.1, 0.15) is 6.61 Å². The number of unbranched alkanes of at least 4 members (excludes halogenated alkanes) is 39. The number of carbonyl (C=O) groups excluding carboxylic acids is 2. The molecule has 1 N–H and O–H groups in total. The maximum atomic E-state index is 12.4. The first kappa shape index (κ1) is 73.1. The molecule has 0 heterocycles. The van der Waals surface area contributed by atoms with E-state index in [0.717, 1.165) is 83.5 Å². The molecule has 1 atom stereocenters. The van der Waals surface area contributed by atoms with E-state index in [1.807, 2.05) is 0 Å². The molecule has 1 unspecified atom stereocenters. The minimum atomic E-state index is -0.774. The standard InChI is InChI=1S/C71H126O5/c1-3-5-7-9-11-13-15-17-19-21-23-25-27-29-30-31-32-33-34-35-36-37-38-39-40-42-44-46-48-50-52-54-56-58-60-62-64-66-71(74)76-69(67-72)68-75-70(73)65-63-61-59-57-55-53-51-49-47-45-43-41-28-26-24-22-20-18-16-14-12-10-8-6-4-2/h5,7,11,13,17,19,23,25,29-30,32-33,35-36,69,72H,3-4,6,8-10,12,14-16,18,20-22,24,26-28,31,34,37-68H2,1-2H3/b7-5-,13-11-,19-17-,25-23-,30-29-,33-32-,36-35-. The lowest BCUT2D eigenvalue weighted by molar-refractivity contribution is -0.161. The van der Waals surface area contributed by atoms with Gasteiger partial charge in [0.2, 0.25) is 0 Å². The molecule has 0 rings (SSSR count). The van der Waals surface area contributed by atoms with Crippen molar-refractivity contribution >= 4 is 11.9 Å². The van der Waals surface area contributed by atoms with E-state index in [0.29, 0.717) is 12.8 Å². The zero-order chi connectivity index (χ0) is 54.8. The molecule has 76 heavy (non-hydrogen) atoms. The highest BCUT2D eigenvalue weighted by molar-refractivity contribution is 5.70. The summed E-state index contributed by atoms with van der Waals surface area (Å²) in [4.78, 5) is 24.6. The molecule has 0 aliphatic heterocycles. The van der Waals surface area contributed by atoms with E-state index in [-0.39, 0.29) is 25.2 Å². The number of allylic oxidation sites excluding steroid dienone is 14. The SMILES string of the molecule is CC/C=C\C/C=C\C/C=C\C/C=C\C/C=C\C/C=C\C/C=C\CCCCCCCCCCCCCCCCCC(=O)OC(CO)COC(=O)CCCCCCCCCCCCCCCCCCCCCCCCCCC. The third kappa shape index (κ3) is 63.6. The summed E-state index contributed by atoms with van der Waals surface area (Å²) in [6.45, 7) is 4.07. The summed E-state index contributed by atoms with van der Waals surface area (Å²) in [5.41, 5.74) is 0. The van der Waals surface area contributed by atoms with Crippen LogP contribution in [0.4, 0.5) is 0 Å². The van der Waals surface area contributed by atoms with Crippen LogP contribution in [-0.4, -0.2) is 36.4 Å². The van der Waals surface area contributed by atoms with Crippen molar-refractivity contribution in [2.75, 3.05) is 13.2 Å². The second-order valence-corrected chi connectivity index (χ2v) is 22.2. The van der Waals surface area contributed by atoms with Crippen LogP contribution in [0.5, 0.6) is 0 Å². The number of aliphatic hydroxyl groups excluding tert-OH is 1. The van der Waals surface area contributed by atoms with Crippen LogP contribution in [-0.2, 0) is 19.1 Å². The predicted octanol–water partition coefficient (Wildman–Crippen LogP) is 22.9. The fourth-order valence-electron chi connectivity index (χ4n) is 9.78. The minimum absolute atomic E-state index is 0.0632. The Morgan fingerprint density at radius 2 is 0.566 bits per heavy atom. The van der Waals surface area contributed by atoms with E-state index in [1.165, 1.54) is 225 Å². The molecule has 0 aromatic heterocycles. The summed E-state index contributed by atoms with van der Waals surface area (Å²) in [7, 11) is 0. The molecule has 5 heteroatoms. The van der Waals surface area contributed by atoms with Gasteiger partial charge >= 0.3 is 11.9 Å². The Labute approximate surface area is 473 Å². The lowest BCUT2D eigenvalue weighted by atomic mass is 10.0. The fraction of sp³-hybridized carbons (Fsp3) is 0.775. The van der Waals surface area contributed by atoms with Gasteiger partial charge in [-0.15, -0.1) is 0 Å². The molecule has 0 aromatic carbocycles. The minimum Gasteiger partial charge on any atom is -0.462 e. The number of hydrogen-bond acceptors (Lipinski definition) is 5. The molecule has 0 spiro atoms. The maximum Gasteiger partial charge on any atom is 0.306 e. The molecule has 440 valence electrons. The Morgan fingerprint density at radius 3 is 0.855 bits per heavy atom. The number of rotatable bonds is 61. The largest absolute Gasteiger partial charge is 0.462 e. The van der Waals surface area contributed by atoms with E-state index in [4.69, 9.17) is 9.47 Å². The Kier molecular flexibility index (Phi) is 63.8. The zero-order valence-corrected chi connectivity index (χ0v) is 50.5. The fourth-order valence-corrected chi connectivity index (χ4v) is 9.78. The van der Waals surface area contributed by atoms with Crippen molar-refractivity contribution in [2.45, 2.75) is 341 Å². The van der Waals surface area contributed by atoms with Crippen LogP contribution in [0.1, 0.15) is 335 Å². The van der Waals surface area contributed by atoms with E-state index in [9.17, 15) is 14.7 Å². The number of esters is 2. The smallest absolute Gasteiger partial charge is 0.306 e. The first-order valence-corrected chi connectivity index (χ1v) is 33.1. The van der Waals surface area contributed by atoms with E-state index in [2.05, 4.69) is 98.9 Å². The zero-order valence-electron chi connectivity index (χ0n) is 50.5. The van der Waals surface area contributed by atoms with Crippen molar-refractivity contribution in [3.8, 4) is 0 Å². The Morgan fingerprint density at radius 1 is 0.316 bits per heavy atom. The first-order valence-electron chi connectivity index (χ1n) is 33.1. The molecule has 0 aliphatic carbocycles. The van der Waals surface area contributed by atoms with Crippen LogP contribution < -0.4 is 0 Å². The van der Waals surface area contributed by atoms with Crippen molar-refractivity contribution in [3.05, 3.63) is 85.1 Å². The topological polar surface area (TPSA) is 72.8 Å². The maximum absolute atomic E-state index is 12.4. The normalized spacial score (nSPS) is 12.7. The molecular weight excluding hydrogens is 933 g/mol. The summed E-state index contributed by atoms with van der Waals surface area (Å²) in [6, 6.07) is 0. The first-order chi connectivity index (χ1) is 37.6. The van der Waals surface area contributed by atoms with Crippen LogP contribution in [0, 0.1) is 0 Å². The van der Waals surface area contributed by atoms with Gasteiger partial charge in [-0.05, 0) is 70.6 Å². The van der Waals surface area contributed by atoms with Crippen molar-refractivity contribution in [1.29, 1.82) is 0 Å². The highest BCUT2D eigenvalue weighted by Crippen LogP contribution is 2.18. The molecule has 0 aliphatic rings. The molecular formula is C71H126O5. The van der Waals surface area contributed by atoms with Crippen LogP contribution in [0.15, 0.2) is 85.1 Å². The van der Waals surface area contributed by atoms with Crippen LogP contribution in [0.2, 0.25) is 0 Å². The summed E-state index contributed by atoms with van der Waals surface area (Å²) in [6.07, 6.45) is 93.1. The molecule has 0 saturated heterocycles. The van der Waals surface area contributed by atoms with Gasteiger partial charge in [-0.2, -0.15) is 0 Å². The summed E-state index contributed by atoms with van der Waals surface area (Å²) in [5, 5.41) is 9.69. The highest BCUT2D eigenvalue weighted by atomic mass is 16.6. The predicted molar refractivity (Wildman–Crippen MR) is 334 cm³/mol. The average Bonchev–Trinajstić information content (AvgIpc) is 3.42. The van der Waals surface area contributed by atoms with Gasteiger partial charge in [0, 0.05) is 12.8 Å². The van der Waals surface area contributed by atoms with E-state index >= 15 is 0 Å². The third-order valence-corrected chi connectivity index (χ3v) is 14.7. The second kappa shape index (κ2) is 66.4. The third-order valence-electron chi connectivity index (χ3n) is 14.7. The van der Waals surface area contributed by atoms with Gasteiger partial charge in [-0.1, -0.05) is 336 Å². The lowest BCUT2D eigenvalue weighted by Crippen LogP contribution is -2.28. The Hall–Kier alpha value is -2.92. The number of hydrogen-bond donors (Lipinski definition) is 1. The summed E-state index contributed by atoms with van der Waals surface area (Å²) >= 11 is 0. The van der Waals surface area contributed by atoms with Crippen LogP contribution >= 0.6 is 0 Å². The average molecular weight is 1060 g/mol. The van der Waals surface area contributed by atoms with Gasteiger partial charge in [0.25, 0.3) is 0 Å². The van der Waals surface area contributed by atoms with Crippen LogP contribution in [0.25, 0.3) is 0 Å². The highest BCUT2D eigenvalue weighted by Gasteiger charge is 2.16. The Bertz CT molecular complexity index is 1380. The van der Waals surface area contributed by atoms with Gasteiger partial charge < -0.3 is 14.6 Å². The number of carbonyl (C=O) groups is 2. The van der Waals surface area contributed by atoms with Gasteiger partial charge in [0.05, 0.1) is 6.61 Å². The van der Waals surface area contributed by atoms with Crippen LogP contribution in [0.3, 0.4) is 0 Å². The van der Waals surface area contributed by atoms with Crippen molar-refractivity contribution in [3.63, 3.8) is 0 Å².